The topological polar surface area (TPSA) is 66.8 Å². The van der Waals surface area contributed by atoms with Crippen LogP contribution in [0.1, 0.15) is 84.5 Å². The van der Waals surface area contributed by atoms with Crippen LogP contribution in [0.15, 0.2) is 12.2 Å². The van der Waals surface area contributed by atoms with Gasteiger partial charge in [0.15, 0.2) is 0 Å². The van der Waals surface area contributed by atoms with Gasteiger partial charge in [0.05, 0.1) is 6.61 Å². The van der Waals surface area contributed by atoms with Crippen LogP contribution in [0.2, 0.25) is 0 Å². The molecule has 1 unspecified atom stereocenters. The van der Waals surface area contributed by atoms with E-state index >= 15 is 0 Å². The number of carbonyl (C=O) groups excluding carboxylic acids is 1. The molecule has 0 heterocycles. The van der Waals surface area contributed by atoms with Crippen LogP contribution in [0.25, 0.3) is 0 Å². The van der Waals surface area contributed by atoms with Crippen LogP contribution in [0.3, 0.4) is 0 Å². The van der Waals surface area contributed by atoms with Crippen LogP contribution in [0.5, 0.6) is 0 Å². The zero-order valence-corrected chi connectivity index (χ0v) is 15.7. The molecule has 0 aromatic rings. The Hall–Kier alpha value is -0.870. The van der Waals surface area contributed by atoms with Crippen molar-refractivity contribution in [3.63, 3.8) is 0 Å². The number of rotatable bonds is 16. The highest BCUT2D eigenvalue weighted by Crippen LogP contribution is 2.10. The molecule has 0 bridgehead atoms. The molecule has 0 saturated carbocycles. The first kappa shape index (κ1) is 23.1. The lowest BCUT2D eigenvalue weighted by Crippen LogP contribution is -2.21. The lowest BCUT2D eigenvalue weighted by Gasteiger charge is -2.08. The summed E-state index contributed by atoms with van der Waals surface area (Å²) in [6.45, 7) is 4.07. The Morgan fingerprint density at radius 3 is 2.17 bits per heavy atom. The van der Waals surface area contributed by atoms with Crippen LogP contribution in [-0.2, 0) is 9.53 Å². The molecule has 24 heavy (non-hydrogen) atoms. The summed E-state index contributed by atoms with van der Waals surface area (Å²) >= 11 is 0. The number of esters is 1. The molecule has 0 fully saturated rings. The molecular formula is C20H38O4. The van der Waals surface area contributed by atoms with Crippen LogP contribution in [0, 0.1) is 5.92 Å². The lowest BCUT2D eigenvalue weighted by atomic mass is 10.0. The number of hydrogen-bond acceptors (Lipinski definition) is 4. The number of carbonyl (C=O) groups is 1. The van der Waals surface area contributed by atoms with Crippen molar-refractivity contribution in [1.82, 2.24) is 0 Å². The number of hydrogen-bond donors (Lipinski definition) is 2. The van der Waals surface area contributed by atoms with Crippen molar-refractivity contribution in [2.75, 3.05) is 13.2 Å². The van der Waals surface area contributed by atoms with Crippen molar-refractivity contribution in [2.45, 2.75) is 90.6 Å². The van der Waals surface area contributed by atoms with Crippen molar-refractivity contribution < 1.29 is 19.7 Å². The van der Waals surface area contributed by atoms with E-state index in [0.717, 1.165) is 31.6 Å². The normalized spacial score (nSPS) is 12.9. The zero-order valence-electron chi connectivity index (χ0n) is 15.7. The average Bonchev–Trinajstić information content (AvgIpc) is 2.56. The van der Waals surface area contributed by atoms with Gasteiger partial charge >= 0.3 is 5.97 Å². The molecular weight excluding hydrogens is 304 g/mol. The molecule has 4 nitrogen and oxygen atoms in total. The number of aliphatic hydroxyl groups is 2. The fourth-order valence-corrected chi connectivity index (χ4v) is 2.43. The predicted octanol–water partition coefficient (Wildman–Crippen LogP) is 4.39. The van der Waals surface area contributed by atoms with E-state index in [4.69, 9.17) is 14.9 Å². The molecule has 0 rings (SSSR count). The van der Waals surface area contributed by atoms with Gasteiger partial charge in [-0.2, -0.15) is 0 Å². The van der Waals surface area contributed by atoms with Gasteiger partial charge in [-0.25, -0.2) is 0 Å². The van der Waals surface area contributed by atoms with E-state index in [2.05, 4.69) is 26.0 Å². The Kier molecular flexibility index (Phi) is 16.4. The van der Waals surface area contributed by atoms with Crippen molar-refractivity contribution >= 4 is 5.97 Å². The molecule has 142 valence electrons. The third kappa shape index (κ3) is 17.5. The fraction of sp³-hybridized carbons (Fsp3) is 0.850. The van der Waals surface area contributed by atoms with Gasteiger partial charge < -0.3 is 14.9 Å². The van der Waals surface area contributed by atoms with E-state index in [-0.39, 0.29) is 19.2 Å². The smallest absolute Gasteiger partial charge is 0.305 e. The molecule has 0 spiro atoms. The summed E-state index contributed by atoms with van der Waals surface area (Å²) in [6, 6.07) is 0. The van der Waals surface area contributed by atoms with Gasteiger partial charge in [-0.05, 0) is 38.0 Å². The molecule has 0 aliphatic rings. The zero-order chi connectivity index (χ0) is 18.0. The highest BCUT2D eigenvalue weighted by atomic mass is 16.5. The summed E-state index contributed by atoms with van der Waals surface area (Å²) in [7, 11) is 0. The van der Waals surface area contributed by atoms with Crippen LogP contribution >= 0.6 is 0 Å². The van der Waals surface area contributed by atoms with E-state index in [9.17, 15) is 4.79 Å². The van der Waals surface area contributed by atoms with Gasteiger partial charge in [0, 0.05) is 6.42 Å². The van der Waals surface area contributed by atoms with E-state index in [0.29, 0.717) is 6.42 Å². The first-order chi connectivity index (χ1) is 11.6. The molecule has 0 saturated heterocycles. The van der Waals surface area contributed by atoms with Crippen molar-refractivity contribution in [3.05, 3.63) is 12.2 Å². The molecule has 0 aromatic heterocycles. The van der Waals surface area contributed by atoms with Crippen molar-refractivity contribution in [1.29, 1.82) is 0 Å². The Bertz CT molecular complexity index is 313. The number of allylic oxidation sites excluding steroid dienone is 2. The largest absolute Gasteiger partial charge is 0.463 e. The van der Waals surface area contributed by atoms with Crippen LogP contribution in [-0.4, -0.2) is 35.5 Å². The van der Waals surface area contributed by atoms with Crippen molar-refractivity contribution in [3.8, 4) is 0 Å². The monoisotopic (exact) mass is 342 g/mol. The van der Waals surface area contributed by atoms with Crippen molar-refractivity contribution in [2.24, 2.45) is 5.92 Å². The van der Waals surface area contributed by atoms with Crippen LogP contribution in [0.4, 0.5) is 0 Å². The van der Waals surface area contributed by atoms with Gasteiger partial charge in [-0.15, -0.1) is 0 Å². The van der Waals surface area contributed by atoms with Gasteiger partial charge in [-0.1, -0.05) is 58.1 Å². The first-order valence-corrected chi connectivity index (χ1v) is 9.65. The molecule has 4 heteroatoms. The number of unbranched alkanes of at least 4 members (excludes halogenated alkanes) is 7. The third-order valence-corrected chi connectivity index (χ3v) is 3.97. The van der Waals surface area contributed by atoms with Crippen LogP contribution < -0.4 is 0 Å². The molecule has 0 aromatic carbocycles. The Labute approximate surface area is 148 Å². The number of aliphatic hydroxyl groups excluding tert-OH is 2. The standard InChI is InChI=1S/C20H38O4/c1-18(2)14-12-10-8-6-4-3-5-7-9-11-13-15-20(23)24-17-19(22)16-21/h4,6,18-19,21-22H,3,5,7-17H2,1-2H3. The number of ether oxygens (including phenoxy) is 1. The molecule has 1 atom stereocenters. The highest BCUT2D eigenvalue weighted by molar-refractivity contribution is 5.69. The predicted molar refractivity (Wildman–Crippen MR) is 98.8 cm³/mol. The third-order valence-electron chi connectivity index (χ3n) is 3.97. The maximum Gasteiger partial charge on any atom is 0.305 e. The minimum absolute atomic E-state index is 0.112. The second kappa shape index (κ2) is 17.0. The Morgan fingerprint density at radius 1 is 0.958 bits per heavy atom. The summed E-state index contributed by atoms with van der Waals surface area (Å²) in [6.07, 6.45) is 15.8. The summed E-state index contributed by atoms with van der Waals surface area (Å²) in [5.41, 5.74) is 0. The maximum atomic E-state index is 11.4. The van der Waals surface area contributed by atoms with E-state index < -0.39 is 6.10 Å². The minimum atomic E-state index is -0.961. The van der Waals surface area contributed by atoms with Gasteiger partial charge in [-0.3, -0.25) is 4.79 Å². The first-order valence-electron chi connectivity index (χ1n) is 9.65. The quantitative estimate of drug-likeness (QED) is 0.248. The van der Waals surface area contributed by atoms with Gasteiger partial charge in [0.25, 0.3) is 0 Å². The summed E-state index contributed by atoms with van der Waals surface area (Å²) in [5, 5.41) is 17.7. The molecule has 0 radical (unpaired) electrons. The van der Waals surface area contributed by atoms with Gasteiger partial charge in [0.2, 0.25) is 0 Å². The second-order valence-corrected chi connectivity index (χ2v) is 6.98. The molecule has 0 amide bonds. The summed E-state index contributed by atoms with van der Waals surface area (Å²) in [5.74, 6) is 0.533. The fourth-order valence-electron chi connectivity index (χ4n) is 2.43. The summed E-state index contributed by atoms with van der Waals surface area (Å²) < 4.78 is 4.85. The lowest BCUT2D eigenvalue weighted by molar-refractivity contribution is -0.147. The van der Waals surface area contributed by atoms with E-state index in [1.165, 1.54) is 38.5 Å². The van der Waals surface area contributed by atoms with E-state index in [1.54, 1.807) is 0 Å². The molecule has 0 aliphatic carbocycles. The van der Waals surface area contributed by atoms with E-state index in [1.807, 2.05) is 0 Å². The average molecular weight is 343 g/mol. The molecule has 2 N–H and O–H groups in total. The SMILES string of the molecule is CC(C)CCCCC=CCCCCCCCC(=O)OCC(O)CO. The Morgan fingerprint density at radius 2 is 1.54 bits per heavy atom. The molecule has 0 aliphatic heterocycles. The Balaban J connectivity index is 3.26. The minimum Gasteiger partial charge on any atom is -0.463 e. The highest BCUT2D eigenvalue weighted by Gasteiger charge is 2.07. The second-order valence-electron chi connectivity index (χ2n) is 6.98. The summed E-state index contributed by atoms with van der Waals surface area (Å²) in [4.78, 5) is 11.4. The van der Waals surface area contributed by atoms with Gasteiger partial charge in [0.1, 0.15) is 12.7 Å². The maximum absolute atomic E-state index is 11.4.